The van der Waals surface area contributed by atoms with Crippen LogP contribution in [0.1, 0.15) is 30.4 Å². The summed E-state index contributed by atoms with van der Waals surface area (Å²) in [5, 5.41) is 9.61. The van der Waals surface area contributed by atoms with Crippen LogP contribution in [0.25, 0.3) is 0 Å². The predicted molar refractivity (Wildman–Crippen MR) is 76.4 cm³/mol. The van der Waals surface area contributed by atoms with Gasteiger partial charge in [-0.1, -0.05) is 23.7 Å². The van der Waals surface area contributed by atoms with Crippen LogP contribution in [0.3, 0.4) is 0 Å². The maximum absolute atomic E-state index is 10.7. The lowest BCUT2D eigenvalue weighted by Gasteiger charge is -2.31. The van der Waals surface area contributed by atoms with E-state index in [4.69, 9.17) is 16.7 Å². The van der Waals surface area contributed by atoms with Crippen LogP contribution in [0.15, 0.2) is 18.2 Å². The van der Waals surface area contributed by atoms with E-state index >= 15 is 0 Å². The zero-order chi connectivity index (χ0) is 13.8. The molecule has 0 atom stereocenters. The second-order valence-electron chi connectivity index (χ2n) is 5.40. The SMILES string of the molecule is Cc1ccc(CN2CCC(CC(=O)O)CC2)cc1Cl. The smallest absolute Gasteiger partial charge is 0.303 e. The minimum atomic E-state index is -0.677. The van der Waals surface area contributed by atoms with Crippen molar-refractivity contribution < 1.29 is 9.90 Å². The third kappa shape index (κ3) is 4.22. The van der Waals surface area contributed by atoms with E-state index < -0.39 is 5.97 Å². The Kier molecular flexibility index (Phi) is 4.83. The lowest BCUT2D eigenvalue weighted by molar-refractivity contribution is -0.138. The van der Waals surface area contributed by atoms with Gasteiger partial charge in [-0.25, -0.2) is 0 Å². The first-order valence-corrected chi connectivity index (χ1v) is 7.11. The van der Waals surface area contributed by atoms with Crippen LogP contribution in [0, 0.1) is 12.8 Å². The van der Waals surface area contributed by atoms with Gasteiger partial charge < -0.3 is 5.11 Å². The summed E-state index contributed by atoms with van der Waals surface area (Å²) >= 11 is 6.13. The molecule has 1 fully saturated rings. The highest BCUT2D eigenvalue weighted by Gasteiger charge is 2.21. The molecule has 1 N–H and O–H groups in total. The van der Waals surface area contributed by atoms with Gasteiger partial charge in [-0.15, -0.1) is 0 Å². The van der Waals surface area contributed by atoms with Gasteiger partial charge >= 0.3 is 5.97 Å². The summed E-state index contributed by atoms with van der Waals surface area (Å²) in [6.07, 6.45) is 2.27. The van der Waals surface area contributed by atoms with Gasteiger partial charge in [-0.2, -0.15) is 0 Å². The monoisotopic (exact) mass is 281 g/mol. The highest BCUT2D eigenvalue weighted by molar-refractivity contribution is 6.31. The molecule has 0 saturated carbocycles. The van der Waals surface area contributed by atoms with Crippen molar-refractivity contribution in [2.24, 2.45) is 5.92 Å². The largest absolute Gasteiger partial charge is 0.481 e. The van der Waals surface area contributed by atoms with E-state index in [2.05, 4.69) is 17.0 Å². The fourth-order valence-electron chi connectivity index (χ4n) is 2.59. The quantitative estimate of drug-likeness (QED) is 0.920. The Hall–Kier alpha value is -1.06. The molecule has 0 bridgehead atoms. The minimum Gasteiger partial charge on any atom is -0.481 e. The summed E-state index contributed by atoms with van der Waals surface area (Å²) in [6.45, 7) is 4.86. The second-order valence-corrected chi connectivity index (χ2v) is 5.81. The lowest BCUT2D eigenvalue weighted by Crippen LogP contribution is -2.33. The molecule has 1 aliphatic rings. The number of likely N-dealkylation sites (tertiary alicyclic amines) is 1. The molecule has 1 aliphatic heterocycles. The van der Waals surface area contributed by atoms with Crippen LogP contribution in [-0.4, -0.2) is 29.1 Å². The first kappa shape index (κ1) is 14.4. The molecule has 0 spiro atoms. The summed E-state index contributed by atoms with van der Waals surface area (Å²) in [6, 6.07) is 6.19. The molecule has 0 unspecified atom stereocenters. The summed E-state index contributed by atoms with van der Waals surface area (Å²) in [7, 11) is 0. The molecule has 104 valence electrons. The summed E-state index contributed by atoms with van der Waals surface area (Å²) in [4.78, 5) is 13.1. The number of carboxylic acid groups (broad SMARTS) is 1. The second kappa shape index (κ2) is 6.40. The molecule has 19 heavy (non-hydrogen) atoms. The van der Waals surface area contributed by atoms with Crippen molar-refractivity contribution >= 4 is 17.6 Å². The van der Waals surface area contributed by atoms with Crippen LogP contribution >= 0.6 is 11.6 Å². The Labute approximate surface area is 119 Å². The van der Waals surface area contributed by atoms with E-state index in [1.165, 1.54) is 5.56 Å². The van der Waals surface area contributed by atoms with Crippen molar-refractivity contribution in [2.75, 3.05) is 13.1 Å². The zero-order valence-corrected chi connectivity index (χ0v) is 12.0. The third-order valence-electron chi connectivity index (χ3n) is 3.81. The van der Waals surface area contributed by atoms with Crippen LogP contribution in [0.2, 0.25) is 5.02 Å². The number of benzene rings is 1. The van der Waals surface area contributed by atoms with E-state index in [0.29, 0.717) is 12.3 Å². The van der Waals surface area contributed by atoms with Gasteiger partial charge in [0.05, 0.1) is 0 Å². The molecule has 2 rings (SSSR count). The molecule has 0 aliphatic carbocycles. The standard InChI is InChI=1S/C15H20ClNO2/c1-11-2-3-13(8-14(11)16)10-17-6-4-12(5-7-17)9-15(18)19/h2-3,8,12H,4-7,9-10H2,1H3,(H,18,19). The summed E-state index contributed by atoms with van der Waals surface area (Å²) < 4.78 is 0. The third-order valence-corrected chi connectivity index (χ3v) is 4.22. The maximum atomic E-state index is 10.7. The van der Waals surface area contributed by atoms with Gasteiger partial charge in [0, 0.05) is 18.0 Å². The highest BCUT2D eigenvalue weighted by atomic mass is 35.5. The average Bonchev–Trinajstić information content (AvgIpc) is 2.36. The fraction of sp³-hybridized carbons (Fsp3) is 0.533. The molecule has 1 heterocycles. The Balaban J connectivity index is 1.85. The summed E-state index contributed by atoms with van der Waals surface area (Å²) in [5.74, 6) is -0.334. The van der Waals surface area contributed by atoms with Crippen molar-refractivity contribution in [1.82, 2.24) is 4.90 Å². The molecular formula is C15H20ClNO2. The number of piperidine rings is 1. The van der Waals surface area contributed by atoms with Gasteiger partial charge in [0.15, 0.2) is 0 Å². The van der Waals surface area contributed by atoms with Gasteiger partial charge in [0.25, 0.3) is 0 Å². The number of aliphatic carboxylic acids is 1. The first-order chi connectivity index (χ1) is 9.04. The fourth-order valence-corrected chi connectivity index (χ4v) is 2.79. The van der Waals surface area contributed by atoms with Crippen LogP contribution in [0.4, 0.5) is 0 Å². The molecule has 0 radical (unpaired) electrons. The lowest BCUT2D eigenvalue weighted by atomic mass is 9.93. The normalized spacial score (nSPS) is 17.6. The number of aryl methyl sites for hydroxylation is 1. The van der Waals surface area contributed by atoms with Crippen molar-refractivity contribution in [3.63, 3.8) is 0 Å². The topological polar surface area (TPSA) is 40.5 Å². The van der Waals surface area contributed by atoms with Crippen molar-refractivity contribution in [3.05, 3.63) is 34.3 Å². The van der Waals surface area contributed by atoms with Crippen molar-refractivity contribution in [3.8, 4) is 0 Å². The van der Waals surface area contributed by atoms with E-state index in [9.17, 15) is 4.79 Å². The number of carboxylic acids is 1. The number of halogens is 1. The molecule has 3 nitrogen and oxygen atoms in total. The molecule has 1 aromatic rings. The van der Waals surface area contributed by atoms with Gasteiger partial charge in [0.2, 0.25) is 0 Å². The van der Waals surface area contributed by atoms with Gasteiger partial charge in [-0.05, 0) is 56.0 Å². The number of rotatable bonds is 4. The molecule has 0 aromatic heterocycles. The van der Waals surface area contributed by atoms with E-state index in [1.54, 1.807) is 0 Å². The predicted octanol–water partition coefficient (Wildman–Crippen LogP) is 3.34. The minimum absolute atomic E-state index is 0.310. The van der Waals surface area contributed by atoms with Gasteiger partial charge in [-0.3, -0.25) is 9.69 Å². The van der Waals surface area contributed by atoms with E-state index in [1.807, 2.05) is 13.0 Å². The van der Waals surface area contributed by atoms with Crippen LogP contribution < -0.4 is 0 Å². The van der Waals surface area contributed by atoms with Crippen molar-refractivity contribution in [2.45, 2.75) is 32.7 Å². The maximum Gasteiger partial charge on any atom is 0.303 e. The summed E-state index contributed by atoms with van der Waals surface area (Å²) in [5.41, 5.74) is 2.33. The van der Waals surface area contributed by atoms with Crippen molar-refractivity contribution in [1.29, 1.82) is 0 Å². The zero-order valence-electron chi connectivity index (χ0n) is 11.2. The Morgan fingerprint density at radius 1 is 1.42 bits per heavy atom. The molecule has 0 amide bonds. The number of nitrogens with zero attached hydrogens (tertiary/aromatic N) is 1. The highest BCUT2D eigenvalue weighted by Crippen LogP contribution is 2.23. The molecule has 1 saturated heterocycles. The Bertz CT molecular complexity index is 453. The van der Waals surface area contributed by atoms with Crippen LogP contribution in [0.5, 0.6) is 0 Å². The molecule has 1 aromatic carbocycles. The van der Waals surface area contributed by atoms with E-state index in [0.717, 1.165) is 43.1 Å². The Morgan fingerprint density at radius 2 is 2.11 bits per heavy atom. The number of carbonyl (C=O) groups is 1. The molecule has 4 heteroatoms. The Morgan fingerprint density at radius 3 is 2.68 bits per heavy atom. The van der Waals surface area contributed by atoms with Crippen LogP contribution in [-0.2, 0) is 11.3 Å². The number of hydrogen-bond donors (Lipinski definition) is 1. The number of hydrogen-bond acceptors (Lipinski definition) is 2. The first-order valence-electron chi connectivity index (χ1n) is 6.74. The van der Waals surface area contributed by atoms with E-state index in [-0.39, 0.29) is 0 Å². The van der Waals surface area contributed by atoms with Gasteiger partial charge in [0.1, 0.15) is 0 Å². The molecular weight excluding hydrogens is 262 g/mol. The average molecular weight is 282 g/mol.